The number of aryl methyl sites for hydroxylation is 1. The third-order valence-corrected chi connectivity index (χ3v) is 3.95. The molecule has 0 aliphatic heterocycles. The summed E-state index contributed by atoms with van der Waals surface area (Å²) in [6, 6.07) is 16.0. The summed E-state index contributed by atoms with van der Waals surface area (Å²) in [4.78, 5) is 11.6. The highest BCUT2D eigenvalue weighted by Gasteiger charge is 2.13. The molecule has 0 spiro atoms. The van der Waals surface area contributed by atoms with Crippen molar-refractivity contribution in [2.45, 2.75) is 20.0 Å². The van der Waals surface area contributed by atoms with Crippen molar-refractivity contribution in [1.29, 1.82) is 5.41 Å². The van der Waals surface area contributed by atoms with Crippen molar-refractivity contribution < 1.29 is 9.53 Å². The maximum atomic E-state index is 11.6. The lowest BCUT2D eigenvalue weighted by molar-refractivity contribution is -0.141. The predicted molar refractivity (Wildman–Crippen MR) is 98.4 cm³/mol. The van der Waals surface area contributed by atoms with Gasteiger partial charge in [-0.3, -0.25) is 14.8 Å². The second-order valence-corrected chi connectivity index (χ2v) is 5.55. The summed E-state index contributed by atoms with van der Waals surface area (Å²) in [5.41, 5.74) is 4.40. The third-order valence-electron chi connectivity index (χ3n) is 3.95. The number of ether oxygens (including phenoxy) is 1. The average Bonchev–Trinajstić information content (AvgIpc) is 2.82. The van der Waals surface area contributed by atoms with E-state index in [1.54, 1.807) is 4.57 Å². The van der Waals surface area contributed by atoms with Crippen molar-refractivity contribution in [2.75, 3.05) is 7.11 Å². The average molecular weight is 390 g/mol. The molecule has 0 bridgehead atoms. The number of rotatable bonds is 4. The number of carbonyl (C=O) groups is 1. The van der Waals surface area contributed by atoms with Crippen molar-refractivity contribution in [1.82, 2.24) is 9.13 Å². The number of fused-ring (bicyclic) bond motifs is 1. The molecule has 2 aromatic carbocycles. The van der Waals surface area contributed by atoms with Crippen LogP contribution in [0.1, 0.15) is 11.1 Å². The van der Waals surface area contributed by atoms with Crippen LogP contribution < -0.4 is 5.62 Å². The van der Waals surface area contributed by atoms with Gasteiger partial charge >= 0.3 is 5.97 Å². The van der Waals surface area contributed by atoms with Crippen LogP contribution in [0.4, 0.5) is 0 Å². The van der Waals surface area contributed by atoms with E-state index in [1.807, 2.05) is 28.8 Å². The van der Waals surface area contributed by atoms with Gasteiger partial charge in [-0.1, -0.05) is 42.0 Å². The van der Waals surface area contributed by atoms with Gasteiger partial charge in [0.05, 0.1) is 24.7 Å². The molecule has 0 atom stereocenters. The maximum absolute atomic E-state index is 11.6. The molecule has 0 aliphatic carbocycles. The summed E-state index contributed by atoms with van der Waals surface area (Å²) in [6.45, 7) is 2.68. The van der Waals surface area contributed by atoms with E-state index in [0.717, 1.165) is 16.6 Å². The first kappa shape index (κ1) is 18.0. The molecule has 5 nitrogen and oxygen atoms in total. The number of hydrogen-bond donors (Lipinski definition) is 1. The van der Waals surface area contributed by atoms with Gasteiger partial charge in [-0.2, -0.15) is 0 Å². The van der Waals surface area contributed by atoms with Gasteiger partial charge in [0, 0.05) is 0 Å². The Bertz CT molecular complexity index is 910. The SMILES string of the molecule is Br.COC(=O)Cn1c(=N)n(Cc2ccc(C)cc2)c2ccccc21. The van der Waals surface area contributed by atoms with E-state index < -0.39 is 0 Å². The Kier molecular flexibility index (Phi) is 5.62. The van der Waals surface area contributed by atoms with E-state index in [2.05, 4.69) is 31.2 Å². The van der Waals surface area contributed by atoms with Crippen molar-refractivity contribution in [3.05, 3.63) is 65.3 Å². The number of hydrogen-bond acceptors (Lipinski definition) is 3. The summed E-state index contributed by atoms with van der Waals surface area (Å²) in [5, 5.41) is 8.45. The van der Waals surface area contributed by atoms with Crippen molar-refractivity contribution in [3.63, 3.8) is 0 Å². The number of nitrogens with one attached hydrogen (secondary N) is 1. The minimum absolute atomic E-state index is 0. The zero-order valence-electron chi connectivity index (χ0n) is 13.7. The molecular weight excluding hydrogens is 370 g/mol. The van der Waals surface area contributed by atoms with E-state index in [9.17, 15) is 4.79 Å². The number of esters is 1. The van der Waals surface area contributed by atoms with Gasteiger partial charge < -0.3 is 9.30 Å². The van der Waals surface area contributed by atoms with E-state index >= 15 is 0 Å². The highest BCUT2D eigenvalue weighted by molar-refractivity contribution is 8.93. The molecule has 0 fully saturated rings. The smallest absolute Gasteiger partial charge is 0.325 e. The number of benzene rings is 2. The zero-order chi connectivity index (χ0) is 16.4. The van der Waals surface area contributed by atoms with Crippen molar-refractivity contribution in [3.8, 4) is 0 Å². The van der Waals surface area contributed by atoms with Crippen LogP contribution in [0.15, 0.2) is 48.5 Å². The Morgan fingerprint density at radius 1 is 1.04 bits per heavy atom. The molecule has 3 aromatic rings. The molecule has 24 heavy (non-hydrogen) atoms. The molecule has 1 heterocycles. The summed E-state index contributed by atoms with van der Waals surface area (Å²) in [6.07, 6.45) is 0. The summed E-state index contributed by atoms with van der Waals surface area (Å²) in [7, 11) is 1.36. The van der Waals surface area contributed by atoms with Crippen LogP contribution in [0.5, 0.6) is 0 Å². The molecule has 3 rings (SSSR count). The van der Waals surface area contributed by atoms with E-state index in [0.29, 0.717) is 6.54 Å². The number of carbonyl (C=O) groups excluding carboxylic acids is 1. The molecule has 1 N–H and O–H groups in total. The van der Waals surface area contributed by atoms with Gasteiger partial charge in [-0.05, 0) is 24.6 Å². The van der Waals surface area contributed by atoms with E-state index in [1.165, 1.54) is 12.7 Å². The number of aromatic nitrogens is 2. The molecule has 0 unspecified atom stereocenters. The molecule has 1 aromatic heterocycles. The number of halogens is 1. The van der Waals surface area contributed by atoms with Crippen LogP contribution in [-0.2, 0) is 22.6 Å². The fourth-order valence-corrected chi connectivity index (χ4v) is 2.68. The van der Waals surface area contributed by atoms with Crippen LogP contribution in [0.25, 0.3) is 11.0 Å². The van der Waals surface area contributed by atoms with Gasteiger partial charge in [0.15, 0.2) is 0 Å². The van der Waals surface area contributed by atoms with Crippen molar-refractivity contribution >= 4 is 34.0 Å². The standard InChI is InChI=1S/C18H19N3O2.BrH/c1-13-7-9-14(10-8-13)11-20-15-5-3-4-6-16(15)21(18(20)19)12-17(22)23-2;/h3-10,19H,11-12H2,1-2H3;1H. The number of nitrogens with zero attached hydrogens (tertiary/aromatic N) is 2. The van der Waals surface area contributed by atoms with E-state index in [-0.39, 0.29) is 35.1 Å². The van der Waals surface area contributed by atoms with Gasteiger partial charge in [0.2, 0.25) is 5.62 Å². The van der Waals surface area contributed by atoms with Crippen molar-refractivity contribution in [2.24, 2.45) is 0 Å². The molecule has 0 amide bonds. The first-order chi connectivity index (χ1) is 11.1. The highest BCUT2D eigenvalue weighted by atomic mass is 79.9. The largest absolute Gasteiger partial charge is 0.468 e. The lowest BCUT2D eigenvalue weighted by atomic mass is 10.1. The van der Waals surface area contributed by atoms with Crippen LogP contribution in [0.2, 0.25) is 0 Å². The maximum Gasteiger partial charge on any atom is 0.325 e. The Labute approximate surface area is 150 Å². The van der Waals surface area contributed by atoms with Gasteiger partial charge in [-0.25, -0.2) is 0 Å². The molecule has 126 valence electrons. The first-order valence-corrected chi connectivity index (χ1v) is 7.45. The van der Waals surface area contributed by atoms with Crippen LogP contribution >= 0.6 is 17.0 Å². The van der Waals surface area contributed by atoms with Gasteiger partial charge in [-0.15, -0.1) is 17.0 Å². The normalized spacial score (nSPS) is 10.4. The monoisotopic (exact) mass is 389 g/mol. The fraction of sp³-hybridized carbons (Fsp3) is 0.222. The molecule has 6 heteroatoms. The van der Waals surface area contributed by atoms with Crippen LogP contribution in [0.3, 0.4) is 0 Å². The highest BCUT2D eigenvalue weighted by Crippen LogP contribution is 2.15. The molecule has 0 saturated heterocycles. The molecule has 0 radical (unpaired) electrons. The summed E-state index contributed by atoms with van der Waals surface area (Å²) >= 11 is 0. The minimum atomic E-state index is -0.360. The Morgan fingerprint density at radius 2 is 1.62 bits per heavy atom. The lowest BCUT2D eigenvalue weighted by Crippen LogP contribution is -2.28. The summed E-state index contributed by atoms with van der Waals surface area (Å²) in [5.74, 6) is -0.360. The second-order valence-electron chi connectivity index (χ2n) is 5.55. The van der Waals surface area contributed by atoms with Gasteiger partial charge in [0.25, 0.3) is 0 Å². The summed E-state index contributed by atoms with van der Waals surface area (Å²) < 4.78 is 8.33. The van der Waals surface area contributed by atoms with Crippen LogP contribution in [0, 0.1) is 12.3 Å². The molecule has 0 aliphatic rings. The third kappa shape index (κ3) is 3.43. The first-order valence-electron chi connectivity index (χ1n) is 7.45. The number of methoxy groups -OCH3 is 1. The second kappa shape index (κ2) is 7.49. The Morgan fingerprint density at radius 3 is 2.21 bits per heavy atom. The Balaban J connectivity index is 0.00000208. The predicted octanol–water partition coefficient (Wildman–Crippen LogP) is 3.03. The topological polar surface area (TPSA) is 60.0 Å². The Hall–Kier alpha value is -2.34. The minimum Gasteiger partial charge on any atom is -0.468 e. The number of imidazole rings is 1. The number of para-hydroxylation sites is 2. The lowest BCUT2D eigenvalue weighted by Gasteiger charge is -2.05. The van der Waals surface area contributed by atoms with Crippen LogP contribution in [-0.4, -0.2) is 22.2 Å². The molecule has 0 saturated carbocycles. The quantitative estimate of drug-likeness (QED) is 0.697. The fourth-order valence-electron chi connectivity index (χ4n) is 2.68. The molecular formula is C18H20BrN3O2. The van der Waals surface area contributed by atoms with E-state index in [4.69, 9.17) is 10.1 Å². The van der Waals surface area contributed by atoms with Gasteiger partial charge in [0.1, 0.15) is 6.54 Å². The zero-order valence-corrected chi connectivity index (χ0v) is 15.4.